The van der Waals surface area contributed by atoms with E-state index in [2.05, 4.69) is 15.6 Å². The first-order valence-corrected chi connectivity index (χ1v) is 7.66. The van der Waals surface area contributed by atoms with E-state index in [1.165, 1.54) is 0 Å². The van der Waals surface area contributed by atoms with Crippen LogP contribution in [0.2, 0.25) is 0 Å². The van der Waals surface area contributed by atoms with Crippen molar-refractivity contribution < 1.29 is 14.3 Å². The van der Waals surface area contributed by atoms with Crippen LogP contribution in [0.25, 0.3) is 5.69 Å². The van der Waals surface area contributed by atoms with Crippen molar-refractivity contribution in [1.82, 2.24) is 20.3 Å². The molecule has 1 aliphatic rings. The van der Waals surface area contributed by atoms with E-state index in [-0.39, 0.29) is 12.0 Å². The van der Waals surface area contributed by atoms with Gasteiger partial charge in [-0.25, -0.2) is 4.68 Å². The van der Waals surface area contributed by atoms with E-state index in [0.717, 1.165) is 25.1 Å². The summed E-state index contributed by atoms with van der Waals surface area (Å²) in [6.45, 7) is 3.08. The standard InChI is InChI=1S/C16H20N4O3/c1-11-15(16(21)17-10-12-6-5-9-23-12)18-19-20(11)13-7-3-4-8-14(13)22-2/h3-4,7-8,12H,5-6,9-10H2,1-2H3,(H,17,21)/t12-/m1/s1. The highest BCUT2D eigenvalue weighted by Gasteiger charge is 2.21. The average Bonchev–Trinajstić information content (AvgIpc) is 3.22. The second-order valence-corrected chi connectivity index (χ2v) is 5.45. The number of methoxy groups -OCH3 is 1. The third-order valence-electron chi connectivity index (χ3n) is 3.94. The number of carbonyl (C=O) groups is 1. The molecule has 0 aliphatic carbocycles. The highest BCUT2D eigenvalue weighted by molar-refractivity contribution is 5.93. The van der Waals surface area contributed by atoms with Crippen molar-refractivity contribution in [1.29, 1.82) is 0 Å². The fourth-order valence-corrected chi connectivity index (χ4v) is 2.67. The van der Waals surface area contributed by atoms with E-state index in [0.29, 0.717) is 23.7 Å². The van der Waals surface area contributed by atoms with Crippen molar-refractivity contribution in [2.45, 2.75) is 25.9 Å². The molecule has 1 fully saturated rings. The Hall–Kier alpha value is -2.41. The SMILES string of the molecule is COc1ccccc1-n1nnc(C(=O)NC[C@H]2CCCO2)c1C. The number of para-hydroxylation sites is 2. The van der Waals surface area contributed by atoms with Gasteiger partial charge in [-0.15, -0.1) is 5.10 Å². The number of hydrogen-bond donors (Lipinski definition) is 1. The van der Waals surface area contributed by atoms with E-state index in [1.807, 2.05) is 31.2 Å². The van der Waals surface area contributed by atoms with Gasteiger partial charge in [0.25, 0.3) is 5.91 Å². The number of nitrogens with zero attached hydrogens (tertiary/aromatic N) is 3. The van der Waals surface area contributed by atoms with Gasteiger partial charge in [-0.1, -0.05) is 17.3 Å². The molecule has 1 saturated heterocycles. The van der Waals surface area contributed by atoms with Gasteiger partial charge in [-0.3, -0.25) is 4.79 Å². The smallest absolute Gasteiger partial charge is 0.273 e. The second kappa shape index (κ2) is 6.78. The molecule has 1 aromatic carbocycles. The minimum Gasteiger partial charge on any atom is -0.494 e. The number of rotatable bonds is 5. The zero-order chi connectivity index (χ0) is 16.2. The molecule has 1 amide bonds. The first-order valence-electron chi connectivity index (χ1n) is 7.66. The number of nitrogens with one attached hydrogen (secondary N) is 1. The van der Waals surface area contributed by atoms with Gasteiger partial charge >= 0.3 is 0 Å². The highest BCUT2D eigenvalue weighted by atomic mass is 16.5. The summed E-state index contributed by atoms with van der Waals surface area (Å²) in [7, 11) is 1.60. The van der Waals surface area contributed by atoms with Crippen molar-refractivity contribution in [2.75, 3.05) is 20.3 Å². The maximum atomic E-state index is 12.3. The summed E-state index contributed by atoms with van der Waals surface area (Å²) >= 11 is 0. The van der Waals surface area contributed by atoms with Crippen LogP contribution in [0.4, 0.5) is 0 Å². The molecular formula is C16H20N4O3. The number of hydrogen-bond acceptors (Lipinski definition) is 5. The topological polar surface area (TPSA) is 78.3 Å². The van der Waals surface area contributed by atoms with Crippen LogP contribution in [0.1, 0.15) is 29.0 Å². The Morgan fingerprint density at radius 3 is 3.04 bits per heavy atom. The Morgan fingerprint density at radius 2 is 2.30 bits per heavy atom. The number of ether oxygens (including phenoxy) is 2. The molecule has 7 heteroatoms. The predicted molar refractivity (Wildman–Crippen MR) is 84.0 cm³/mol. The van der Waals surface area contributed by atoms with Crippen LogP contribution in [0.15, 0.2) is 24.3 Å². The van der Waals surface area contributed by atoms with E-state index in [9.17, 15) is 4.79 Å². The third kappa shape index (κ3) is 3.19. The molecule has 1 aliphatic heterocycles. The molecule has 0 unspecified atom stereocenters. The third-order valence-corrected chi connectivity index (χ3v) is 3.94. The van der Waals surface area contributed by atoms with Gasteiger partial charge in [-0.2, -0.15) is 0 Å². The van der Waals surface area contributed by atoms with E-state index >= 15 is 0 Å². The van der Waals surface area contributed by atoms with Crippen LogP contribution in [0.5, 0.6) is 5.75 Å². The van der Waals surface area contributed by atoms with Gasteiger partial charge in [-0.05, 0) is 31.9 Å². The number of amides is 1. The summed E-state index contributed by atoms with van der Waals surface area (Å²) in [5, 5.41) is 11.0. The highest BCUT2D eigenvalue weighted by Crippen LogP contribution is 2.23. The Bertz CT molecular complexity index is 692. The average molecular weight is 316 g/mol. The first-order chi connectivity index (χ1) is 11.2. The maximum absolute atomic E-state index is 12.3. The largest absolute Gasteiger partial charge is 0.494 e. The van der Waals surface area contributed by atoms with Crippen LogP contribution in [0, 0.1) is 6.92 Å². The molecule has 0 saturated carbocycles. The molecule has 1 atom stereocenters. The molecule has 122 valence electrons. The fourth-order valence-electron chi connectivity index (χ4n) is 2.67. The van der Waals surface area contributed by atoms with Crippen molar-refractivity contribution in [3.63, 3.8) is 0 Å². The number of aromatic nitrogens is 3. The van der Waals surface area contributed by atoms with Gasteiger partial charge in [0, 0.05) is 13.2 Å². The molecule has 23 heavy (non-hydrogen) atoms. The summed E-state index contributed by atoms with van der Waals surface area (Å²) in [5.41, 5.74) is 1.73. The zero-order valence-electron chi connectivity index (χ0n) is 13.3. The summed E-state index contributed by atoms with van der Waals surface area (Å²) in [6.07, 6.45) is 2.12. The summed E-state index contributed by atoms with van der Waals surface area (Å²) in [4.78, 5) is 12.3. The molecule has 0 bridgehead atoms. The number of carbonyl (C=O) groups excluding carboxylic acids is 1. The van der Waals surface area contributed by atoms with Crippen molar-refractivity contribution in [3.8, 4) is 11.4 Å². The van der Waals surface area contributed by atoms with E-state index in [4.69, 9.17) is 9.47 Å². The van der Waals surface area contributed by atoms with Crippen LogP contribution in [-0.2, 0) is 4.74 Å². The zero-order valence-corrected chi connectivity index (χ0v) is 13.3. The Balaban J connectivity index is 1.77. The van der Waals surface area contributed by atoms with Crippen LogP contribution in [0.3, 0.4) is 0 Å². The van der Waals surface area contributed by atoms with Gasteiger partial charge in [0.05, 0.1) is 18.9 Å². The van der Waals surface area contributed by atoms with Gasteiger partial charge in [0.15, 0.2) is 5.69 Å². The van der Waals surface area contributed by atoms with Crippen molar-refractivity contribution >= 4 is 5.91 Å². The Kier molecular flexibility index (Phi) is 4.57. The molecule has 3 rings (SSSR count). The molecule has 2 heterocycles. The lowest BCUT2D eigenvalue weighted by Crippen LogP contribution is -2.32. The molecule has 2 aromatic rings. The molecule has 7 nitrogen and oxygen atoms in total. The molecular weight excluding hydrogens is 296 g/mol. The van der Waals surface area contributed by atoms with Gasteiger partial charge in [0.1, 0.15) is 11.4 Å². The minimum atomic E-state index is -0.237. The lowest BCUT2D eigenvalue weighted by Gasteiger charge is -2.10. The molecule has 1 aromatic heterocycles. The predicted octanol–water partition coefficient (Wildman–Crippen LogP) is 1.49. The lowest BCUT2D eigenvalue weighted by atomic mass is 10.2. The van der Waals surface area contributed by atoms with E-state index < -0.39 is 0 Å². The number of benzene rings is 1. The summed E-state index contributed by atoms with van der Waals surface area (Å²) in [5.74, 6) is 0.436. The van der Waals surface area contributed by atoms with Gasteiger partial charge in [0.2, 0.25) is 0 Å². The second-order valence-electron chi connectivity index (χ2n) is 5.45. The summed E-state index contributed by atoms with van der Waals surface area (Å²) in [6, 6.07) is 7.47. The Morgan fingerprint density at radius 1 is 1.48 bits per heavy atom. The van der Waals surface area contributed by atoms with Crippen LogP contribution < -0.4 is 10.1 Å². The molecule has 0 spiro atoms. The maximum Gasteiger partial charge on any atom is 0.273 e. The lowest BCUT2D eigenvalue weighted by molar-refractivity contribution is 0.0853. The van der Waals surface area contributed by atoms with Crippen LogP contribution in [-0.4, -0.2) is 47.3 Å². The normalized spacial score (nSPS) is 17.2. The fraction of sp³-hybridized carbons (Fsp3) is 0.438. The quantitative estimate of drug-likeness (QED) is 0.904. The first kappa shape index (κ1) is 15.5. The Labute approximate surface area is 134 Å². The summed E-state index contributed by atoms with van der Waals surface area (Å²) < 4.78 is 12.4. The van der Waals surface area contributed by atoms with Crippen molar-refractivity contribution in [3.05, 3.63) is 35.7 Å². The van der Waals surface area contributed by atoms with E-state index in [1.54, 1.807) is 11.8 Å². The monoisotopic (exact) mass is 316 g/mol. The molecule has 0 radical (unpaired) electrons. The van der Waals surface area contributed by atoms with Crippen LogP contribution >= 0.6 is 0 Å². The van der Waals surface area contributed by atoms with Gasteiger partial charge < -0.3 is 14.8 Å². The van der Waals surface area contributed by atoms with Crippen molar-refractivity contribution in [2.24, 2.45) is 0 Å². The molecule has 1 N–H and O–H groups in total. The minimum absolute atomic E-state index is 0.100.